The second-order valence-electron chi connectivity index (χ2n) is 4.51. The molecule has 2 aromatic rings. The number of halogens is 1. The van der Waals surface area contributed by atoms with Gasteiger partial charge in [-0.1, -0.05) is 30.2 Å². The Labute approximate surface area is 139 Å². The van der Waals surface area contributed by atoms with Crippen LogP contribution in [0.15, 0.2) is 48.5 Å². The van der Waals surface area contributed by atoms with Gasteiger partial charge in [0.25, 0.3) is 0 Å². The minimum atomic E-state index is -0.190. The number of benzene rings is 2. The van der Waals surface area contributed by atoms with Crippen molar-refractivity contribution in [3.05, 3.63) is 59.7 Å². The molecule has 0 bridgehead atoms. The molecule has 0 fully saturated rings. The molecule has 0 radical (unpaired) electrons. The third kappa shape index (κ3) is 4.27. The lowest BCUT2D eigenvalue weighted by Gasteiger charge is -2.18. The van der Waals surface area contributed by atoms with Crippen molar-refractivity contribution in [3.8, 4) is 22.2 Å². The average Bonchev–Trinajstić information content (AvgIpc) is 2.59. The van der Waals surface area contributed by atoms with E-state index in [4.69, 9.17) is 14.2 Å². The van der Waals surface area contributed by atoms with E-state index >= 15 is 0 Å². The predicted octanol–water partition coefficient (Wildman–Crippen LogP) is 4.17. The van der Waals surface area contributed by atoms with Gasteiger partial charge in [0, 0.05) is 15.9 Å². The van der Waals surface area contributed by atoms with Crippen LogP contribution >= 0.6 is 15.9 Å². The fraction of sp³-hybridized carbons (Fsp3) is 0.222. The Morgan fingerprint density at radius 1 is 0.864 bits per heavy atom. The maximum Gasteiger partial charge on any atom is 0.118 e. The zero-order valence-electron chi connectivity index (χ0n) is 12.5. The first-order valence-corrected chi connectivity index (χ1v) is 7.55. The molecule has 22 heavy (non-hydrogen) atoms. The number of methoxy groups -OCH3 is 2. The summed E-state index contributed by atoms with van der Waals surface area (Å²) in [6.07, 6.45) is -0.190. The van der Waals surface area contributed by atoms with E-state index in [9.17, 15) is 0 Å². The van der Waals surface area contributed by atoms with Crippen LogP contribution in [-0.4, -0.2) is 20.8 Å². The summed E-state index contributed by atoms with van der Waals surface area (Å²) in [7, 11) is 3.30. The van der Waals surface area contributed by atoms with Crippen LogP contribution in [0.5, 0.6) is 11.5 Å². The molecule has 0 saturated heterocycles. The van der Waals surface area contributed by atoms with E-state index in [0.717, 1.165) is 22.6 Å². The van der Waals surface area contributed by atoms with Crippen molar-refractivity contribution in [3.63, 3.8) is 0 Å². The summed E-state index contributed by atoms with van der Waals surface area (Å²) in [6.45, 7) is 0.341. The van der Waals surface area contributed by atoms with Crippen molar-refractivity contribution in [2.75, 3.05) is 20.8 Å². The molecule has 0 aliphatic carbocycles. The summed E-state index contributed by atoms with van der Waals surface area (Å²) in [5.74, 6) is 4.49. The van der Waals surface area contributed by atoms with Gasteiger partial charge in [0.1, 0.15) is 24.2 Å². The van der Waals surface area contributed by atoms with Crippen molar-refractivity contribution >= 4 is 15.9 Å². The second kappa shape index (κ2) is 8.47. The Morgan fingerprint density at radius 3 is 1.68 bits per heavy atom. The lowest BCUT2D eigenvalue weighted by Crippen LogP contribution is -2.07. The lowest BCUT2D eigenvalue weighted by atomic mass is 10.0. The number of ether oxygens (including phenoxy) is 3. The highest BCUT2D eigenvalue weighted by atomic mass is 79.9. The molecule has 0 amide bonds. The zero-order valence-corrected chi connectivity index (χ0v) is 14.1. The molecule has 0 N–H and O–H groups in total. The average molecular weight is 361 g/mol. The maximum absolute atomic E-state index is 5.92. The molecule has 2 rings (SSSR count). The van der Waals surface area contributed by atoms with Crippen molar-refractivity contribution in [2.24, 2.45) is 0 Å². The molecule has 0 unspecified atom stereocenters. The fourth-order valence-corrected chi connectivity index (χ4v) is 2.21. The lowest BCUT2D eigenvalue weighted by molar-refractivity contribution is 0.108. The van der Waals surface area contributed by atoms with Crippen LogP contribution in [0.25, 0.3) is 0 Å². The van der Waals surface area contributed by atoms with Crippen molar-refractivity contribution in [1.29, 1.82) is 0 Å². The van der Waals surface area contributed by atoms with Crippen LogP contribution in [0.4, 0.5) is 0 Å². The highest BCUT2D eigenvalue weighted by Crippen LogP contribution is 2.28. The van der Waals surface area contributed by atoms with Gasteiger partial charge in [0.2, 0.25) is 0 Å². The van der Waals surface area contributed by atoms with Crippen LogP contribution in [0.2, 0.25) is 0 Å². The van der Waals surface area contributed by atoms with E-state index in [0.29, 0.717) is 6.61 Å². The van der Waals surface area contributed by atoms with Gasteiger partial charge in [-0.3, -0.25) is 0 Å². The third-order valence-electron chi connectivity index (χ3n) is 3.23. The molecule has 0 atom stereocenters. The first kappa shape index (κ1) is 16.4. The van der Waals surface area contributed by atoms with Gasteiger partial charge < -0.3 is 14.2 Å². The minimum absolute atomic E-state index is 0.190. The van der Waals surface area contributed by atoms with Crippen molar-refractivity contribution in [2.45, 2.75) is 6.10 Å². The summed E-state index contributed by atoms with van der Waals surface area (Å²) in [6, 6.07) is 15.7. The van der Waals surface area contributed by atoms with Gasteiger partial charge in [-0.25, -0.2) is 0 Å². The molecule has 0 aliphatic rings. The van der Waals surface area contributed by atoms with E-state index in [1.165, 1.54) is 0 Å². The van der Waals surface area contributed by atoms with Crippen LogP contribution in [-0.2, 0) is 4.74 Å². The first-order chi connectivity index (χ1) is 10.8. The van der Waals surface area contributed by atoms with E-state index in [1.807, 2.05) is 48.5 Å². The Hall–Kier alpha value is -1.96. The van der Waals surface area contributed by atoms with Crippen LogP contribution in [0.1, 0.15) is 17.2 Å². The molecule has 0 heterocycles. The van der Waals surface area contributed by atoms with Gasteiger partial charge in [0.05, 0.1) is 14.2 Å². The standard InChI is InChI=1S/C18H17BrO3/c1-20-16-8-4-14(5-9-16)18(22-13-3-12-19)15-6-10-17(21-2)11-7-15/h4-11,18H,13H2,1-2H3. The summed E-state index contributed by atoms with van der Waals surface area (Å²) in [5.41, 5.74) is 2.09. The summed E-state index contributed by atoms with van der Waals surface area (Å²) < 4.78 is 16.3. The van der Waals surface area contributed by atoms with Crippen LogP contribution in [0.3, 0.4) is 0 Å². The highest BCUT2D eigenvalue weighted by Gasteiger charge is 2.14. The largest absolute Gasteiger partial charge is 0.497 e. The molecular formula is C18H17BrO3. The van der Waals surface area contributed by atoms with Crippen LogP contribution < -0.4 is 9.47 Å². The zero-order chi connectivity index (χ0) is 15.8. The Bertz CT molecular complexity index is 591. The van der Waals surface area contributed by atoms with Crippen molar-refractivity contribution < 1.29 is 14.2 Å². The number of hydrogen-bond donors (Lipinski definition) is 0. The number of hydrogen-bond acceptors (Lipinski definition) is 3. The van der Waals surface area contributed by atoms with Gasteiger partial charge in [-0.15, -0.1) is 0 Å². The van der Waals surface area contributed by atoms with Gasteiger partial charge in [-0.2, -0.15) is 0 Å². The van der Waals surface area contributed by atoms with Gasteiger partial charge in [-0.05, 0) is 40.2 Å². The molecule has 3 nitrogen and oxygen atoms in total. The van der Waals surface area contributed by atoms with Gasteiger partial charge in [0.15, 0.2) is 0 Å². The molecule has 114 valence electrons. The summed E-state index contributed by atoms with van der Waals surface area (Å²) in [4.78, 5) is 2.66. The second-order valence-corrected chi connectivity index (χ2v) is 4.91. The molecule has 4 heteroatoms. The smallest absolute Gasteiger partial charge is 0.118 e. The molecular weight excluding hydrogens is 344 g/mol. The monoisotopic (exact) mass is 360 g/mol. The first-order valence-electron chi connectivity index (χ1n) is 6.76. The molecule has 0 aromatic heterocycles. The third-order valence-corrected chi connectivity index (χ3v) is 3.51. The Balaban J connectivity index is 2.28. The molecule has 0 saturated carbocycles. The van der Waals surface area contributed by atoms with Gasteiger partial charge >= 0.3 is 0 Å². The van der Waals surface area contributed by atoms with E-state index in [-0.39, 0.29) is 6.10 Å². The number of rotatable bonds is 6. The Morgan fingerprint density at radius 2 is 1.32 bits per heavy atom. The normalized spacial score (nSPS) is 10.0. The maximum atomic E-state index is 5.92. The van der Waals surface area contributed by atoms with E-state index < -0.39 is 0 Å². The fourth-order valence-electron chi connectivity index (χ4n) is 2.09. The van der Waals surface area contributed by atoms with Crippen LogP contribution in [0, 0.1) is 10.8 Å². The predicted molar refractivity (Wildman–Crippen MR) is 90.5 cm³/mol. The summed E-state index contributed by atoms with van der Waals surface area (Å²) in [5, 5.41) is 0. The van der Waals surface area contributed by atoms with Crippen molar-refractivity contribution in [1.82, 2.24) is 0 Å². The quantitative estimate of drug-likeness (QED) is 0.723. The minimum Gasteiger partial charge on any atom is -0.497 e. The molecule has 0 aliphatic heterocycles. The highest BCUT2D eigenvalue weighted by molar-refractivity contribution is 9.12. The van der Waals surface area contributed by atoms with E-state index in [1.54, 1.807) is 14.2 Å². The van der Waals surface area contributed by atoms with E-state index in [2.05, 4.69) is 26.7 Å². The molecule has 2 aromatic carbocycles. The topological polar surface area (TPSA) is 27.7 Å². The Kier molecular flexibility index (Phi) is 6.32. The molecule has 0 spiro atoms. The SMILES string of the molecule is COc1ccc(C(OCC#CBr)c2ccc(OC)cc2)cc1. The summed E-state index contributed by atoms with van der Waals surface area (Å²) >= 11 is 3.08.